The maximum Gasteiger partial charge on any atom is 0.326 e. The van der Waals surface area contributed by atoms with E-state index in [9.17, 15) is 14.7 Å². The number of carboxylic acid groups (broad SMARTS) is 1. The lowest BCUT2D eigenvalue weighted by Gasteiger charge is -2.25. The Morgan fingerprint density at radius 1 is 1.41 bits per heavy atom. The molecule has 116 valence electrons. The van der Waals surface area contributed by atoms with E-state index in [1.54, 1.807) is 19.1 Å². The van der Waals surface area contributed by atoms with Crippen molar-refractivity contribution in [3.63, 3.8) is 0 Å². The maximum absolute atomic E-state index is 12.8. The molecule has 1 aromatic carbocycles. The molecule has 1 aromatic heterocycles. The predicted octanol–water partition coefficient (Wildman–Crippen LogP) is 3.47. The summed E-state index contributed by atoms with van der Waals surface area (Å²) in [6.07, 6.45) is 1.65. The number of fused-ring (bicyclic) bond motifs is 1. The minimum absolute atomic E-state index is 0.0262. The topological polar surface area (TPSA) is 70.8 Å². The summed E-state index contributed by atoms with van der Waals surface area (Å²) in [5, 5.41) is 10.4. The highest BCUT2D eigenvalue weighted by Crippen LogP contribution is 2.35. The van der Waals surface area contributed by atoms with E-state index in [0.29, 0.717) is 16.2 Å². The van der Waals surface area contributed by atoms with Crippen LogP contribution in [-0.2, 0) is 4.79 Å². The molecular formula is C16H16ClNO4. The highest BCUT2D eigenvalue weighted by molar-refractivity contribution is 6.35. The number of aliphatic carboxylic acids is 1. The first-order valence-corrected chi connectivity index (χ1v) is 7.52. The van der Waals surface area contributed by atoms with Crippen LogP contribution in [0, 0.1) is 6.92 Å². The lowest BCUT2D eigenvalue weighted by Crippen LogP contribution is -2.44. The molecule has 0 spiro atoms. The molecule has 5 nitrogen and oxygen atoms in total. The fourth-order valence-electron chi connectivity index (χ4n) is 2.66. The molecule has 1 atom stereocenters. The second-order valence-electron chi connectivity index (χ2n) is 5.63. The molecular weight excluding hydrogens is 306 g/mol. The zero-order chi connectivity index (χ0) is 16.0. The van der Waals surface area contributed by atoms with Crippen molar-refractivity contribution in [2.75, 3.05) is 0 Å². The number of rotatable bonds is 4. The molecule has 1 aliphatic rings. The van der Waals surface area contributed by atoms with Crippen LogP contribution in [0.25, 0.3) is 11.0 Å². The van der Waals surface area contributed by atoms with Crippen molar-refractivity contribution in [1.29, 1.82) is 0 Å². The van der Waals surface area contributed by atoms with Gasteiger partial charge in [0.05, 0.1) is 5.02 Å². The Balaban J connectivity index is 2.05. The number of amides is 1. The van der Waals surface area contributed by atoms with Gasteiger partial charge in [-0.1, -0.05) is 23.7 Å². The summed E-state index contributed by atoms with van der Waals surface area (Å²) in [5.41, 5.74) is 1.15. The third-order valence-electron chi connectivity index (χ3n) is 4.06. The first-order valence-electron chi connectivity index (χ1n) is 7.15. The standard InChI is InChI=1S/C16H16ClNO4/c1-8-11-4-3-5-12(17)14(11)22-13(8)15(19)18(10-6-7-10)9(2)16(20)21/h3-5,9-10H,6-7H2,1-2H3,(H,20,21). The van der Waals surface area contributed by atoms with Crippen LogP contribution in [0.2, 0.25) is 5.02 Å². The van der Waals surface area contributed by atoms with Crippen molar-refractivity contribution >= 4 is 34.4 Å². The Hall–Kier alpha value is -2.01. The average Bonchev–Trinajstić information content (AvgIpc) is 3.24. The monoisotopic (exact) mass is 321 g/mol. The van der Waals surface area contributed by atoms with E-state index in [1.807, 2.05) is 6.07 Å². The van der Waals surface area contributed by atoms with Gasteiger partial charge in [-0.3, -0.25) is 4.79 Å². The van der Waals surface area contributed by atoms with Gasteiger partial charge in [0.25, 0.3) is 5.91 Å². The number of carbonyl (C=O) groups excluding carboxylic acids is 1. The number of para-hydroxylation sites is 1. The summed E-state index contributed by atoms with van der Waals surface area (Å²) in [7, 11) is 0. The van der Waals surface area contributed by atoms with E-state index in [-0.39, 0.29) is 17.7 Å². The minimum atomic E-state index is -1.02. The number of furan rings is 1. The molecule has 22 heavy (non-hydrogen) atoms. The van der Waals surface area contributed by atoms with Crippen molar-refractivity contribution < 1.29 is 19.1 Å². The third kappa shape index (κ3) is 2.35. The Morgan fingerprint density at radius 2 is 2.09 bits per heavy atom. The van der Waals surface area contributed by atoms with Crippen molar-refractivity contribution in [3.8, 4) is 0 Å². The van der Waals surface area contributed by atoms with E-state index >= 15 is 0 Å². The number of carbonyl (C=O) groups is 2. The summed E-state index contributed by atoms with van der Waals surface area (Å²) in [6.45, 7) is 3.30. The summed E-state index contributed by atoms with van der Waals surface area (Å²) < 4.78 is 5.66. The summed E-state index contributed by atoms with van der Waals surface area (Å²) >= 11 is 6.10. The highest BCUT2D eigenvalue weighted by atomic mass is 35.5. The lowest BCUT2D eigenvalue weighted by molar-refractivity contribution is -0.141. The number of carboxylic acids is 1. The fourth-order valence-corrected chi connectivity index (χ4v) is 2.87. The van der Waals surface area contributed by atoms with Crippen LogP contribution in [-0.4, -0.2) is 34.0 Å². The molecule has 1 heterocycles. The van der Waals surface area contributed by atoms with Crippen LogP contribution in [0.3, 0.4) is 0 Å². The number of nitrogens with zero attached hydrogens (tertiary/aromatic N) is 1. The van der Waals surface area contributed by atoms with Crippen molar-refractivity contribution in [3.05, 3.63) is 34.5 Å². The molecule has 1 unspecified atom stereocenters. The van der Waals surface area contributed by atoms with Gasteiger partial charge in [0.1, 0.15) is 6.04 Å². The Labute approximate surface area is 132 Å². The van der Waals surface area contributed by atoms with Gasteiger partial charge < -0.3 is 14.4 Å². The van der Waals surface area contributed by atoms with E-state index in [4.69, 9.17) is 16.0 Å². The van der Waals surface area contributed by atoms with Gasteiger partial charge in [-0.15, -0.1) is 0 Å². The molecule has 1 N–H and O–H groups in total. The molecule has 3 rings (SSSR count). The van der Waals surface area contributed by atoms with E-state index in [0.717, 1.165) is 18.2 Å². The van der Waals surface area contributed by atoms with Crippen LogP contribution in [0.5, 0.6) is 0 Å². The lowest BCUT2D eigenvalue weighted by atomic mass is 10.1. The zero-order valence-electron chi connectivity index (χ0n) is 12.3. The van der Waals surface area contributed by atoms with Crippen molar-refractivity contribution in [2.45, 2.75) is 38.8 Å². The highest BCUT2D eigenvalue weighted by Gasteiger charge is 2.40. The molecule has 2 aromatic rings. The maximum atomic E-state index is 12.8. The quantitative estimate of drug-likeness (QED) is 0.936. The van der Waals surface area contributed by atoms with Gasteiger partial charge in [0, 0.05) is 17.0 Å². The van der Waals surface area contributed by atoms with Gasteiger partial charge in [-0.05, 0) is 32.8 Å². The Morgan fingerprint density at radius 3 is 2.64 bits per heavy atom. The summed E-state index contributed by atoms with van der Waals surface area (Å²) in [4.78, 5) is 25.5. The molecule has 1 saturated carbocycles. The van der Waals surface area contributed by atoms with Crippen LogP contribution in [0.1, 0.15) is 35.9 Å². The minimum Gasteiger partial charge on any atom is -0.480 e. The molecule has 1 aliphatic carbocycles. The fraction of sp³-hybridized carbons (Fsp3) is 0.375. The van der Waals surface area contributed by atoms with Crippen molar-refractivity contribution in [2.24, 2.45) is 0 Å². The summed E-state index contributed by atoms with van der Waals surface area (Å²) in [6, 6.07) is 4.41. The molecule has 0 aliphatic heterocycles. The van der Waals surface area contributed by atoms with Crippen LogP contribution in [0.4, 0.5) is 0 Å². The van der Waals surface area contributed by atoms with Gasteiger partial charge >= 0.3 is 5.97 Å². The molecule has 1 amide bonds. The molecule has 0 saturated heterocycles. The van der Waals surface area contributed by atoms with Crippen molar-refractivity contribution in [1.82, 2.24) is 4.90 Å². The van der Waals surface area contributed by atoms with Gasteiger partial charge in [-0.2, -0.15) is 0 Å². The number of hydrogen-bond acceptors (Lipinski definition) is 3. The second kappa shape index (κ2) is 5.32. The van der Waals surface area contributed by atoms with Gasteiger partial charge in [0.2, 0.25) is 0 Å². The van der Waals surface area contributed by atoms with E-state index < -0.39 is 12.0 Å². The number of aryl methyl sites for hydroxylation is 1. The molecule has 0 radical (unpaired) electrons. The molecule has 6 heteroatoms. The van der Waals surface area contributed by atoms with Gasteiger partial charge in [-0.25, -0.2) is 4.79 Å². The number of benzene rings is 1. The first kappa shape index (κ1) is 14.9. The zero-order valence-corrected chi connectivity index (χ0v) is 13.1. The molecule has 1 fully saturated rings. The van der Waals surface area contributed by atoms with Crippen LogP contribution < -0.4 is 0 Å². The van der Waals surface area contributed by atoms with E-state index in [2.05, 4.69) is 0 Å². The van der Waals surface area contributed by atoms with E-state index in [1.165, 1.54) is 11.8 Å². The first-order chi connectivity index (χ1) is 10.4. The third-order valence-corrected chi connectivity index (χ3v) is 4.36. The number of hydrogen-bond donors (Lipinski definition) is 1. The smallest absolute Gasteiger partial charge is 0.326 e. The second-order valence-corrected chi connectivity index (χ2v) is 6.04. The normalized spacial score (nSPS) is 15.8. The van der Waals surface area contributed by atoms with Gasteiger partial charge in [0.15, 0.2) is 11.3 Å². The summed E-state index contributed by atoms with van der Waals surface area (Å²) in [5.74, 6) is -1.24. The Bertz CT molecular complexity index is 763. The average molecular weight is 322 g/mol. The SMILES string of the molecule is Cc1c(C(=O)N(C2CC2)C(C)C(=O)O)oc2c(Cl)cccc12. The van der Waals surface area contributed by atoms with Crippen LogP contribution >= 0.6 is 11.6 Å². The largest absolute Gasteiger partial charge is 0.480 e. The number of halogens is 1. The Kier molecular flexibility index (Phi) is 3.60. The van der Waals surface area contributed by atoms with Crippen LogP contribution in [0.15, 0.2) is 22.6 Å². The predicted molar refractivity (Wildman–Crippen MR) is 82.3 cm³/mol. The molecule has 0 bridgehead atoms.